The summed E-state index contributed by atoms with van der Waals surface area (Å²) in [6.07, 6.45) is 1.91. The van der Waals surface area contributed by atoms with E-state index in [1.54, 1.807) is 30.3 Å². The van der Waals surface area contributed by atoms with Crippen molar-refractivity contribution in [2.45, 2.75) is 4.90 Å². The molecule has 1 amide bonds. The molecule has 0 radical (unpaired) electrons. The molecule has 3 aromatic rings. The van der Waals surface area contributed by atoms with Crippen LogP contribution in [-0.2, 0) is 0 Å². The molecule has 0 bridgehead atoms. The summed E-state index contributed by atoms with van der Waals surface area (Å²) < 4.78 is 0. The molecule has 0 spiro atoms. The van der Waals surface area contributed by atoms with Crippen molar-refractivity contribution in [3.05, 3.63) is 69.2 Å². The van der Waals surface area contributed by atoms with Gasteiger partial charge in [-0.3, -0.25) is 20.0 Å². The van der Waals surface area contributed by atoms with Crippen LogP contribution in [-0.4, -0.2) is 27.3 Å². The maximum atomic E-state index is 12.4. The Morgan fingerprint density at radius 1 is 1.27 bits per heavy atom. The Kier molecular flexibility index (Phi) is 5.24. The van der Waals surface area contributed by atoms with Crippen LogP contribution in [0.15, 0.2) is 53.4 Å². The van der Waals surface area contributed by atoms with Gasteiger partial charge < -0.3 is 5.32 Å². The summed E-state index contributed by atoms with van der Waals surface area (Å²) in [7, 11) is 0. The first kappa shape index (κ1) is 18.0. The molecule has 2 N–H and O–H groups in total. The molecule has 1 aromatic heterocycles. The Morgan fingerprint density at radius 3 is 2.81 bits per heavy atom. The zero-order valence-electron chi connectivity index (χ0n) is 13.5. The lowest BCUT2D eigenvalue weighted by Gasteiger charge is -2.06. The van der Waals surface area contributed by atoms with Gasteiger partial charge in [0.15, 0.2) is 5.82 Å². The fourth-order valence-corrected chi connectivity index (χ4v) is 2.95. The Bertz CT molecular complexity index is 990. The molecule has 0 aliphatic rings. The second kappa shape index (κ2) is 7.59. The zero-order valence-corrected chi connectivity index (χ0v) is 15.1. The second-order valence-corrected chi connectivity index (χ2v) is 6.56. The summed E-state index contributed by atoms with van der Waals surface area (Å²) in [6, 6.07) is 12.9. The van der Waals surface area contributed by atoms with Crippen LogP contribution < -0.4 is 5.32 Å². The van der Waals surface area contributed by atoms with Gasteiger partial charge in [-0.05, 0) is 24.5 Å². The molecular weight excluding hydrogens is 376 g/mol. The first-order valence-electron chi connectivity index (χ1n) is 7.43. The van der Waals surface area contributed by atoms with Gasteiger partial charge in [0.05, 0.1) is 21.2 Å². The number of hydrogen-bond donors (Lipinski definition) is 2. The van der Waals surface area contributed by atoms with E-state index < -0.39 is 4.92 Å². The van der Waals surface area contributed by atoms with Crippen LogP contribution in [0.1, 0.15) is 10.4 Å². The summed E-state index contributed by atoms with van der Waals surface area (Å²) in [5.41, 5.74) is 1.46. The maximum Gasteiger partial charge on any atom is 0.270 e. The fraction of sp³-hybridized carbons (Fsp3) is 0.0588. The number of anilines is 1. The van der Waals surface area contributed by atoms with Gasteiger partial charge in [-0.25, -0.2) is 0 Å². The molecule has 0 aliphatic carbocycles. The van der Waals surface area contributed by atoms with Gasteiger partial charge in [0.25, 0.3) is 11.6 Å². The van der Waals surface area contributed by atoms with Crippen LogP contribution >= 0.6 is 23.4 Å². The van der Waals surface area contributed by atoms with Gasteiger partial charge in [0.1, 0.15) is 0 Å². The average Bonchev–Trinajstić information content (AvgIpc) is 3.10. The van der Waals surface area contributed by atoms with Crippen LogP contribution in [0.4, 0.5) is 11.5 Å². The third kappa shape index (κ3) is 3.87. The molecule has 132 valence electrons. The number of amides is 1. The molecule has 0 saturated carbocycles. The number of carbonyl (C=O) groups is 1. The molecule has 0 aliphatic heterocycles. The number of aromatic nitrogens is 2. The Morgan fingerprint density at radius 2 is 2.08 bits per heavy atom. The van der Waals surface area contributed by atoms with Crippen molar-refractivity contribution in [2.75, 3.05) is 11.6 Å². The van der Waals surface area contributed by atoms with Crippen molar-refractivity contribution in [2.24, 2.45) is 0 Å². The Labute approximate surface area is 157 Å². The zero-order chi connectivity index (χ0) is 18.7. The number of carbonyl (C=O) groups excluding carboxylic acids is 1. The SMILES string of the molecule is CSc1ccc(Cl)c(C(=O)Nc2cc(-c3cccc([N+](=O)[O-])c3)[nH]n2)c1. The van der Waals surface area contributed by atoms with Gasteiger partial charge in [-0.15, -0.1) is 11.8 Å². The number of rotatable bonds is 5. The van der Waals surface area contributed by atoms with E-state index in [1.165, 1.54) is 23.9 Å². The second-order valence-electron chi connectivity index (χ2n) is 5.27. The van der Waals surface area contributed by atoms with Gasteiger partial charge >= 0.3 is 0 Å². The summed E-state index contributed by atoms with van der Waals surface area (Å²) in [6.45, 7) is 0. The molecule has 0 fully saturated rings. The molecule has 0 unspecified atom stereocenters. The molecule has 3 rings (SSSR count). The molecule has 7 nitrogen and oxygen atoms in total. The van der Waals surface area contributed by atoms with Gasteiger partial charge in [-0.2, -0.15) is 5.10 Å². The highest BCUT2D eigenvalue weighted by Gasteiger charge is 2.14. The fourth-order valence-electron chi connectivity index (χ4n) is 2.31. The topological polar surface area (TPSA) is 101 Å². The first-order chi connectivity index (χ1) is 12.5. The normalized spacial score (nSPS) is 10.5. The van der Waals surface area contributed by atoms with E-state index in [4.69, 9.17) is 11.6 Å². The summed E-state index contributed by atoms with van der Waals surface area (Å²) in [5.74, 6) is -0.0925. The van der Waals surface area contributed by atoms with Crippen molar-refractivity contribution >= 4 is 40.8 Å². The van der Waals surface area contributed by atoms with Crippen LogP contribution in [0.3, 0.4) is 0 Å². The third-order valence-electron chi connectivity index (χ3n) is 3.61. The van der Waals surface area contributed by atoms with Crippen molar-refractivity contribution in [3.63, 3.8) is 0 Å². The molecule has 2 aromatic carbocycles. The number of nitrogens with zero attached hydrogens (tertiary/aromatic N) is 2. The summed E-state index contributed by atoms with van der Waals surface area (Å²) >= 11 is 7.61. The molecule has 1 heterocycles. The number of halogens is 1. The van der Waals surface area contributed by atoms with E-state index in [0.29, 0.717) is 27.7 Å². The molecule has 0 atom stereocenters. The summed E-state index contributed by atoms with van der Waals surface area (Å²) in [4.78, 5) is 23.8. The number of benzene rings is 2. The number of nitro groups is 1. The van der Waals surface area contributed by atoms with Gasteiger partial charge in [0, 0.05) is 28.7 Å². The maximum absolute atomic E-state index is 12.4. The number of thioether (sulfide) groups is 1. The lowest BCUT2D eigenvalue weighted by molar-refractivity contribution is -0.384. The van der Waals surface area contributed by atoms with E-state index in [0.717, 1.165) is 4.90 Å². The minimum absolute atomic E-state index is 0.0247. The smallest absolute Gasteiger partial charge is 0.270 e. The quantitative estimate of drug-likeness (QED) is 0.377. The third-order valence-corrected chi connectivity index (χ3v) is 4.66. The van der Waals surface area contributed by atoms with E-state index >= 15 is 0 Å². The van der Waals surface area contributed by atoms with E-state index in [-0.39, 0.29) is 11.6 Å². The van der Waals surface area contributed by atoms with Gasteiger partial charge in [0.2, 0.25) is 0 Å². The highest BCUT2D eigenvalue weighted by atomic mass is 35.5. The van der Waals surface area contributed by atoms with Crippen molar-refractivity contribution in [1.29, 1.82) is 0 Å². The number of non-ortho nitro benzene ring substituents is 1. The standard InChI is InChI=1S/C17H13ClN4O3S/c1-26-12-5-6-14(18)13(8-12)17(23)19-16-9-15(20-21-16)10-3-2-4-11(7-10)22(24)25/h2-9H,1H3,(H2,19,20,21,23). The van der Waals surface area contributed by atoms with Crippen molar-refractivity contribution < 1.29 is 9.72 Å². The number of hydrogen-bond acceptors (Lipinski definition) is 5. The molecule has 26 heavy (non-hydrogen) atoms. The van der Waals surface area contributed by atoms with Crippen LogP contribution in [0.2, 0.25) is 5.02 Å². The average molecular weight is 389 g/mol. The highest BCUT2D eigenvalue weighted by Crippen LogP contribution is 2.26. The van der Waals surface area contributed by atoms with Crippen LogP contribution in [0.5, 0.6) is 0 Å². The predicted molar refractivity (Wildman–Crippen MR) is 102 cm³/mol. The molecule has 9 heteroatoms. The molecular formula is C17H13ClN4O3S. The van der Waals surface area contributed by atoms with Crippen LogP contribution in [0.25, 0.3) is 11.3 Å². The predicted octanol–water partition coefficient (Wildman–Crippen LogP) is 4.61. The Hall–Kier alpha value is -2.84. The lowest BCUT2D eigenvalue weighted by atomic mass is 10.1. The largest absolute Gasteiger partial charge is 0.305 e. The first-order valence-corrected chi connectivity index (χ1v) is 9.03. The number of nitro benzene ring substituents is 1. The minimum Gasteiger partial charge on any atom is -0.305 e. The monoisotopic (exact) mass is 388 g/mol. The summed E-state index contributed by atoms with van der Waals surface area (Å²) in [5, 5.41) is 20.7. The number of nitrogens with one attached hydrogen (secondary N) is 2. The van der Waals surface area contributed by atoms with Crippen molar-refractivity contribution in [3.8, 4) is 11.3 Å². The number of H-pyrrole nitrogens is 1. The van der Waals surface area contributed by atoms with Crippen LogP contribution in [0, 0.1) is 10.1 Å². The number of aromatic amines is 1. The van der Waals surface area contributed by atoms with Gasteiger partial charge in [-0.1, -0.05) is 23.7 Å². The van der Waals surface area contributed by atoms with E-state index in [2.05, 4.69) is 15.5 Å². The lowest BCUT2D eigenvalue weighted by Crippen LogP contribution is -2.12. The minimum atomic E-state index is -0.469. The van der Waals surface area contributed by atoms with Crippen molar-refractivity contribution in [1.82, 2.24) is 10.2 Å². The Balaban J connectivity index is 1.82. The van der Waals surface area contributed by atoms with E-state index in [9.17, 15) is 14.9 Å². The highest BCUT2D eigenvalue weighted by molar-refractivity contribution is 7.98. The van der Waals surface area contributed by atoms with E-state index in [1.807, 2.05) is 12.3 Å². The molecule has 0 saturated heterocycles.